The first-order valence-electron chi connectivity index (χ1n) is 4.01. The molecule has 90 valence electrons. The van der Waals surface area contributed by atoms with Crippen molar-refractivity contribution in [2.75, 3.05) is 6.61 Å². The quantitative estimate of drug-likeness (QED) is 0.302. The topological polar surface area (TPSA) is 79.9 Å². The van der Waals surface area contributed by atoms with E-state index in [0.717, 1.165) is 18.8 Å². The van der Waals surface area contributed by atoms with Crippen molar-refractivity contribution in [3.8, 4) is 11.8 Å². The predicted octanol–water partition coefficient (Wildman–Crippen LogP) is 0.848. The molecule has 1 rings (SSSR count). The summed E-state index contributed by atoms with van der Waals surface area (Å²) in [4.78, 5) is 0. The largest absolute Gasteiger partial charge is 0 e. The van der Waals surface area contributed by atoms with Gasteiger partial charge in [0.1, 0.15) is 6.61 Å². The molecule has 0 amide bonds. The maximum absolute atomic E-state index is 8.37. The van der Waals surface area contributed by atoms with Gasteiger partial charge in [-0.1, -0.05) is 11.8 Å². The summed E-state index contributed by atoms with van der Waals surface area (Å²) in [5, 5.41) is 8.37. The Labute approximate surface area is 113 Å². The van der Waals surface area contributed by atoms with E-state index in [1.165, 1.54) is 0 Å². The zero-order chi connectivity index (χ0) is 13.2. The Morgan fingerprint density at radius 1 is 1.12 bits per heavy atom. The molecule has 0 atom stereocenters. The van der Waals surface area contributed by atoms with Crippen LogP contribution >= 0.6 is 0 Å². The molecule has 1 aliphatic carbocycles. The van der Waals surface area contributed by atoms with Gasteiger partial charge in [0.25, 0.3) is 0 Å². The van der Waals surface area contributed by atoms with Crippen LogP contribution in [0.2, 0.25) is 0 Å². The van der Waals surface area contributed by atoms with Gasteiger partial charge >= 0.3 is 33.9 Å². The second kappa shape index (κ2) is 29.5. The molecule has 5 heteroatoms. The van der Waals surface area contributed by atoms with E-state index in [4.69, 9.17) is 19.1 Å². The number of hydrogen-bond donors (Lipinski definition) is 1. The van der Waals surface area contributed by atoms with Crippen molar-refractivity contribution >= 4 is 0 Å². The van der Waals surface area contributed by atoms with E-state index in [9.17, 15) is 0 Å². The van der Waals surface area contributed by atoms with E-state index in [1.807, 2.05) is 6.42 Å². The van der Waals surface area contributed by atoms with E-state index in [0.29, 0.717) is 0 Å². The summed E-state index contributed by atoms with van der Waals surface area (Å²) in [5.74, 6) is 6.48. The summed E-state index contributed by atoms with van der Waals surface area (Å²) in [7, 11) is 0. The van der Waals surface area contributed by atoms with Crippen molar-refractivity contribution in [3.05, 3.63) is 45.1 Å². The Bertz CT molecular complexity index is 226. The second-order valence-electron chi connectivity index (χ2n) is 2.10. The summed E-state index contributed by atoms with van der Waals surface area (Å²) < 4.78 is 22.5. The molecular formula is C12H10FeO4. The summed E-state index contributed by atoms with van der Waals surface area (Å²) in [6.07, 6.45) is 8.37. The van der Waals surface area contributed by atoms with Gasteiger partial charge in [-0.05, 0) is 32.1 Å². The molecule has 0 unspecified atom stereocenters. The van der Waals surface area contributed by atoms with Gasteiger partial charge in [-0.25, -0.2) is 0 Å². The van der Waals surface area contributed by atoms with Crippen LogP contribution in [-0.2, 0) is 31.0 Å². The molecule has 17 heavy (non-hydrogen) atoms. The summed E-state index contributed by atoms with van der Waals surface area (Å²) >= 11 is 0. The Morgan fingerprint density at radius 2 is 1.65 bits per heavy atom. The first kappa shape index (κ1) is 25.2. The van der Waals surface area contributed by atoms with Gasteiger partial charge in [0, 0.05) is 17.1 Å². The van der Waals surface area contributed by atoms with E-state index in [2.05, 4.69) is 44.6 Å². The standard InChI is InChI=1S/C9H10O.3CO.Fe/c10-8-4-7-9-5-2-1-3-6-9;3*1-2;/h2,5-6,10H,1,3,8H2;;;;. The summed E-state index contributed by atoms with van der Waals surface area (Å²) in [6, 6.07) is 0. The van der Waals surface area contributed by atoms with Crippen LogP contribution in [0.4, 0.5) is 0 Å². The Hall–Kier alpha value is -0.741. The maximum Gasteiger partial charge on any atom is 0 e. The Balaban J connectivity index is -0.000000106. The SMILES string of the molecule is OCC#C[C]1[CH][CH]CC[CH]1.[C-]#[O+].[C-]#[O+].[C-]#[O+].[Fe]. The molecule has 1 aliphatic rings. The van der Waals surface area contributed by atoms with Gasteiger partial charge < -0.3 is 5.11 Å². The molecule has 0 spiro atoms. The van der Waals surface area contributed by atoms with Crippen LogP contribution < -0.4 is 0 Å². The fourth-order valence-corrected chi connectivity index (χ4v) is 0.848. The predicted molar refractivity (Wildman–Crippen MR) is 52.0 cm³/mol. The van der Waals surface area contributed by atoms with Gasteiger partial charge in [-0.3, -0.25) is 0 Å². The van der Waals surface area contributed by atoms with Crippen LogP contribution in [0.3, 0.4) is 0 Å². The van der Waals surface area contributed by atoms with Crippen molar-refractivity contribution in [2.24, 2.45) is 0 Å². The van der Waals surface area contributed by atoms with E-state index >= 15 is 0 Å². The number of hydrogen-bond acceptors (Lipinski definition) is 1. The average molecular weight is 274 g/mol. The van der Waals surface area contributed by atoms with Crippen molar-refractivity contribution < 1.29 is 36.1 Å². The third-order valence-corrected chi connectivity index (χ3v) is 1.31. The van der Waals surface area contributed by atoms with E-state index in [1.54, 1.807) is 0 Å². The first-order valence-corrected chi connectivity index (χ1v) is 4.01. The molecule has 1 fully saturated rings. The average Bonchev–Trinajstić information content (AvgIpc) is 2.44. The van der Waals surface area contributed by atoms with Crippen molar-refractivity contribution in [2.45, 2.75) is 12.8 Å². The van der Waals surface area contributed by atoms with Crippen LogP contribution in [0.5, 0.6) is 0 Å². The van der Waals surface area contributed by atoms with E-state index in [-0.39, 0.29) is 23.7 Å². The Morgan fingerprint density at radius 3 is 2.00 bits per heavy atom. The number of aliphatic hydroxyl groups is 1. The normalized spacial score (nSPS) is 11.9. The smallest absolute Gasteiger partial charge is 0 e. The number of rotatable bonds is 0. The first-order chi connectivity index (χ1) is 7.93. The van der Waals surface area contributed by atoms with Crippen molar-refractivity contribution in [1.82, 2.24) is 0 Å². The minimum atomic E-state index is -0.0504. The summed E-state index contributed by atoms with van der Waals surface area (Å²) in [5.41, 5.74) is 0. The third-order valence-electron chi connectivity index (χ3n) is 1.31. The van der Waals surface area contributed by atoms with Crippen LogP contribution in [0.25, 0.3) is 0 Å². The monoisotopic (exact) mass is 274 g/mol. The fraction of sp³-hybridized carbons (Fsp3) is 0.250. The van der Waals surface area contributed by atoms with Gasteiger partial charge in [-0.2, -0.15) is 0 Å². The fourth-order valence-electron chi connectivity index (χ4n) is 0.848. The minimum absolute atomic E-state index is 0. The van der Waals surface area contributed by atoms with Gasteiger partial charge in [0.05, 0.1) is 5.92 Å². The van der Waals surface area contributed by atoms with Gasteiger partial charge in [0.15, 0.2) is 0 Å². The second-order valence-corrected chi connectivity index (χ2v) is 2.10. The molecule has 0 aromatic heterocycles. The minimum Gasteiger partial charge on any atom is 0 e. The maximum atomic E-state index is 8.37. The molecule has 4 nitrogen and oxygen atoms in total. The van der Waals surface area contributed by atoms with Crippen molar-refractivity contribution in [3.63, 3.8) is 0 Å². The Kier molecular flexibility index (Phi) is 43.7. The molecule has 0 aromatic rings. The molecule has 4 radical (unpaired) electrons. The van der Waals surface area contributed by atoms with Crippen LogP contribution in [0, 0.1) is 57.0 Å². The molecule has 0 saturated heterocycles. The van der Waals surface area contributed by atoms with Gasteiger partial charge in [-0.15, -0.1) is 0 Å². The summed E-state index contributed by atoms with van der Waals surface area (Å²) in [6.45, 7) is 13.4. The zero-order valence-electron chi connectivity index (χ0n) is 8.88. The molecule has 0 aliphatic heterocycles. The van der Waals surface area contributed by atoms with Crippen LogP contribution in [-0.4, -0.2) is 11.7 Å². The third kappa shape index (κ3) is 21.2. The van der Waals surface area contributed by atoms with Gasteiger partial charge in [0.2, 0.25) is 0 Å². The molecule has 0 bridgehead atoms. The van der Waals surface area contributed by atoms with Crippen molar-refractivity contribution in [1.29, 1.82) is 0 Å². The molecular weight excluding hydrogens is 264 g/mol. The molecule has 1 N–H and O–H groups in total. The van der Waals surface area contributed by atoms with Crippen LogP contribution in [0.15, 0.2) is 0 Å². The zero-order valence-corrected chi connectivity index (χ0v) is 9.98. The number of aliphatic hydroxyl groups excluding tert-OH is 1. The molecule has 1 saturated carbocycles. The molecule has 0 aromatic carbocycles. The van der Waals surface area contributed by atoms with Crippen LogP contribution in [0.1, 0.15) is 12.8 Å². The molecule has 0 heterocycles. The van der Waals surface area contributed by atoms with E-state index < -0.39 is 0 Å².